The Morgan fingerprint density at radius 2 is 1.75 bits per heavy atom. The first kappa shape index (κ1) is 8.91. The van der Waals surface area contributed by atoms with Crippen LogP contribution in [0.5, 0.6) is 0 Å². The zero-order valence-corrected chi connectivity index (χ0v) is 7.72. The van der Waals surface area contributed by atoms with Crippen LogP contribution in [0.3, 0.4) is 0 Å². The molecule has 0 radical (unpaired) electrons. The fourth-order valence-corrected chi connectivity index (χ4v) is 1.39. The Kier molecular flexibility index (Phi) is 2.58. The van der Waals surface area contributed by atoms with Gasteiger partial charge in [0.2, 0.25) is 0 Å². The van der Waals surface area contributed by atoms with Crippen molar-refractivity contribution >= 4 is 5.69 Å². The maximum atomic E-state index is 10.4. The standard InChI is InChI=1S/C10H13NO/c1-4-9-5-7(2)10(11-12)8(3)6-9/h5-6H,4H2,1-3H3. The average molecular weight is 163 g/mol. The van der Waals surface area contributed by atoms with Gasteiger partial charge in [0.1, 0.15) is 5.69 Å². The van der Waals surface area contributed by atoms with Crippen LogP contribution < -0.4 is 0 Å². The van der Waals surface area contributed by atoms with Crippen LogP contribution in [0.15, 0.2) is 17.3 Å². The summed E-state index contributed by atoms with van der Waals surface area (Å²) in [5, 5.41) is 3.00. The van der Waals surface area contributed by atoms with Gasteiger partial charge in [0, 0.05) is 0 Å². The molecule has 2 heteroatoms. The summed E-state index contributed by atoms with van der Waals surface area (Å²) in [4.78, 5) is 10.4. The Labute approximate surface area is 72.6 Å². The molecule has 1 aromatic carbocycles. The second kappa shape index (κ2) is 3.48. The van der Waals surface area contributed by atoms with Crippen molar-refractivity contribution in [2.24, 2.45) is 5.18 Å². The second-order valence-electron chi connectivity index (χ2n) is 3.02. The molecular weight excluding hydrogens is 150 g/mol. The van der Waals surface area contributed by atoms with E-state index in [-0.39, 0.29) is 0 Å². The van der Waals surface area contributed by atoms with Crippen molar-refractivity contribution in [3.63, 3.8) is 0 Å². The first-order chi connectivity index (χ1) is 5.69. The molecule has 0 spiro atoms. The highest BCUT2D eigenvalue weighted by atomic mass is 16.3. The molecule has 1 aromatic rings. The van der Waals surface area contributed by atoms with E-state index < -0.39 is 0 Å². The monoisotopic (exact) mass is 163 g/mol. The van der Waals surface area contributed by atoms with Crippen molar-refractivity contribution in [2.75, 3.05) is 0 Å². The molecule has 0 aliphatic rings. The number of rotatable bonds is 2. The molecule has 0 saturated heterocycles. The summed E-state index contributed by atoms with van der Waals surface area (Å²) >= 11 is 0. The zero-order chi connectivity index (χ0) is 9.14. The van der Waals surface area contributed by atoms with Crippen molar-refractivity contribution in [1.82, 2.24) is 0 Å². The van der Waals surface area contributed by atoms with E-state index in [2.05, 4.69) is 12.1 Å². The summed E-state index contributed by atoms with van der Waals surface area (Å²) in [6.07, 6.45) is 1.00. The number of hydrogen-bond acceptors (Lipinski definition) is 2. The fourth-order valence-electron chi connectivity index (χ4n) is 1.39. The quantitative estimate of drug-likeness (QED) is 0.615. The predicted molar refractivity (Wildman–Crippen MR) is 50.7 cm³/mol. The van der Waals surface area contributed by atoms with E-state index in [0.29, 0.717) is 5.69 Å². The van der Waals surface area contributed by atoms with Crippen LogP contribution in [0.2, 0.25) is 0 Å². The van der Waals surface area contributed by atoms with Crippen LogP contribution in [0.4, 0.5) is 5.69 Å². The Hall–Kier alpha value is -1.18. The highest BCUT2D eigenvalue weighted by Crippen LogP contribution is 2.24. The number of aryl methyl sites for hydroxylation is 3. The van der Waals surface area contributed by atoms with Gasteiger partial charge in [0.25, 0.3) is 0 Å². The highest BCUT2D eigenvalue weighted by Gasteiger charge is 2.03. The van der Waals surface area contributed by atoms with Crippen molar-refractivity contribution in [3.05, 3.63) is 33.7 Å². The maximum absolute atomic E-state index is 10.4. The minimum Gasteiger partial charge on any atom is -0.145 e. The van der Waals surface area contributed by atoms with E-state index in [1.54, 1.807) is 0 Å². The van der Waals surface area contributed by atoms with Crippen molar-refractivity contribution < 1.29 is 0 Å². The van der Waals surface area contributed by atoms with Crippen LogP contribution in [-0.2, 0) is 6.42 Å². The average Bonchev–Trinajstić information content (AvgIpc) is 2.03. The Morgan fingerprint density at radius 3 is 2.08 bits per heavy atom. The summed E-state index contributed by atoms with van der Waals surface area (Å²) in [7, 11) is 0. The molecule has 1 rings (SSSR count). The van der Waals surface area contributed by atoms with E-state index in [4.69, 9.17) is 0 Å². The minimum atomic E-state index is 0.590. The van der Waals surface area contributed by atoms with Crippen LogP contribution in [-0.4, -0.2) is 0 Å². The van der Waals surface area contributed by atoms with E-state index in [1.165, 1.54) is 5.56 Å². The lowest BCUT2D eigenvalue weighted by molar-refractivity contribution is 1.12. The van der Waals surface area contributed by atoms with Crippen molar-refractivity contribution in [2.45, 2.75) is 27.2 Å². The Balaban J connectivity index is 3.27. The number of benzene rings is 1. The van der Waals surface area contributed by atoms with Gasteiger partial charge in [0.05, 0.1) is 0 Å². The van der Waals surface area contributed by atoms with Gasteiger partial charge < -0.3 is 0 Å². The van der Waals surface area contributed by atoms with E-state index in [0.717, 1.165) is 17.5 Å². The predicted octanol–water partition coefficient (Wildman–Crippen LogP) is 3.26. The Morgan fingerprint density at radius 1 is 1.25 bits per heavy atom. The number of hydrogen-bond donors (Lipinski definition) is 0. The number of nitroso groups, excluding NO2 is 1. The zero-order valence-electron chi connectivity index (χ0n) is 7.72. The summed E-state index contributed by atoms with van der Waals surface area (Å²) in [5.74, 6) is 0. The molecule has 0 bridgehead atoms. The summed E-state index contributed by atoms with van der Waals surface area (Å²) in [6.45, 7) is 5.94. The van der Waals surface area contributed by atoms with Crippen LogP contribution in [0.25, 0.3) is 0 Å². The summed E-state index contributed by atoms with van der Waals surface area (Å²) < 4.78 is 0. The molecule has 0 heterocycles. The largest absolute Gasteiger partial charge is 0.145 e. The molecule has 0 amide bonds. The first-order valence-electron chi connectivity index (χ1n) is 4.12. The highest BCUT2D eigenvalue weighted by molar-refractivity contribution is 5.53. The molecule has 0 aliphatic carbocycles. The van der Waals surface area contributed by atoms with Gasteiger partial charge in [-0.15, -0.1) is 4.91 Å². The molecule has 0 aromatic heterocycles. The normalized spacial score (nSPS) is 9.92. The van der Waals surface area contributed by atoms with E-state index in [1.807, 2.05) is 26.0 Å². The lowest BCUT2D eigenvalue weighted by Gasteiger charge is -2.04. The minimum absolute atomic E-state index is 0.590. The molecule has 0 unspecified atom stereocenters. The van der Waals surface area contributed by atoms with Crippen LogP contribution in [0, 0.1) is 18.8 Å². The maximum Gasteiger partial charge on any atom is 0.113 e. The van der Waals surface area contributed by atoms with Crippen LogP contribution >= 0.6 is 0 Å². The van der Waals surface area contributed by atoms with Gasteiger partial charge in [-0.1, -0.05) is 19.1 Å². The molecule has 2 nitrogen and oxygen atoms in total. The molecule has 0 fully saturated rings. The third-order valence-corrected chi connectivity index (χ3v) is 2.05. The van der Waals surface area contributed by atoms with Gasteiger partial charge in [-0.3, -0.25) is 0 Å². The SMILES string of the molecule is CCc1cc(C)c(N=O)c(C)c1. The molecule has 0 saturated carbocycles. The Bertz CT molecular complexity index is 282. The molecule has 12 heavy (non-hydrogen) atoms. The molecule has 0 N–H and O–H groups in total. The second-order valence-corrected chi connectivity index (χ2v) is 3.02. The van der Waals surface area contributed by atoms with E-state index >= 15 is 0 Å². The fraction of sp³-hybridized carbons (Fsp3) is 0.400. The molecule has 0 aliphatic heterocycles. The third kappa shape index (κ3) is 1.52. The van der Waals surface area contributed by atoms with Crippen molar-refractivity contribution in [3.8, 4) is 0 Å². The van der Waals surface area contributed by atoms with E-state index in [9.17, 15) is 4.91 Å². The molecule has 64 valence electrons. The van der Waals surface area contributed by atoms with Crippen LogP contribution in [0.1, 0.15) is 23.6 Å². The topological polar surface area (TPSA) is 29.4 Å². The van der Waals surface area contributed by atoms with Gasteiger partial charge in [0.15, 0.2) is 0 Å². The first-order valence-corrected chi connectivity index (χ1v) is 4.12. The van der Waals surface area contributed by atoms with Gasteiger partial charge in [-0.05, 0) is 42.1 Å². The van der Waals surface area contributed by atoms with Gasteiger partial charge in [-0.25, -0.2) is 0 Å². The lowest BCUT2D eigenvalue weighted by Crippen LogP contribution is -1.86. The summed E-state index contributed by atoms with van der Waals surface area (Å²) in [5.41, 5.74) is 3.80. The number of nitrogens with zero attached hydrogens (tertiary/aromatic N) is 1. The summed E-state index contributed by atoms with van der Waals surface area (Å²) in [6, 6.07) is 4.04. The van der Waals surface area contributed by atoms with Gasteiger partial charge in [-0.2, -0.15) is 0 Å². The third-order valence-electron chi connectivity index (χ3n) is 2.05. The van der Waals surface area contributed by atoms with Gasteiger partial charge >= 0.3 is 0 Å². The molecule has 0 atom stereocenters. The lowest BCUT2D eigenvalue weighted by atomic mass is 10.0. The van der Waals surface area contributed by atoms with Crippen molar-refractivity contribution in [1.29, 1.82) is 0 Å². The molecular formula is C10H13NO. The smallest absolute Gasteiger partial charge is 0.113 e.